The van der Waals surface area contributed by atoms with Gasteiger partial charge in [0.1, 0.15) is 5.82 Å². The highest BCUT2D eigenvalue weighted by Crippen LogP contribution is 2.15. The number of anilines is 1. The van der Waals surface area contributed by atoms with Crippen molar-refractivity contribution in [1.82, 2.24) is 9.88 Å². The van der Waals surface area contributed by atoms with Gasteiger partial charge in [-0.25, -0.2) is 4.39 Å². The number of amides is 1. The lowest BCUT2D eigenvalue weighted by Gasteiger charge is -2.15. The number of nitrogens with zero attached hydrogens (tertiary/aromatic N) is 2. The Morgan fingerprint density at radius 3 is 2.65 bits per heavy atom. The second-order valence-corrected chi connectivity index (χ2v) is 5.76. The van der Waals surface area contributed by atoms with Crippen molar-refractivity contribution < 1.29 is 9.18 Å². The number of carbonyl (C=O) groups excluding carboxylic acids is 1. The van der Waals surface area contributed by atoms with Crippen LogP contribution in [0, 0.1) is 5.82 Å². The van der Waals surface area contributed by atoms with Crippen LogP contribution in [0.25, 0.3) is 0 Å². The molecule has 0 unspecified atom stereocenters. The molecule has 0 saturated carbocycles. The molecule has 1 amide bonds. The predicted molar refractivity (Wildman–Crippen MR) is 88.0 cm³/mol. The number of aromatic nitrogens is 1. The van der Waals surface area contributed by atoms with Gasteiger partial charge >= 0.3 is 0 Å². The highest BCUT2D eigenvalue weighted by Gasteiger charge is 2.19. The summed E-state index contributed by atoms with van der Waals surface area (Å²) in [5.41, 5.74) is 2.52. The fourth-order valence-electron chi connectivity index (χ4n) is 2.76. The first-order valence-electron chi connectivity index (χ1n) is 7.95. The zero-order valence-corrected chi connectivity index (χ0v) is 13.0. The molecule has 1 aliphatic heterocycles. The van der Waals surface area contributed by atoms with Gasteiger partial charge in [0.15, 0.2) is 0 Å². The summed E-state index contributed by atoms with van der Waals surface area (Å²) in [7, 11) is 0. The van der Waals surface area contributed by atoms with E-state index in [0.717, 1.165) is 43.6 Å². The minimum absolute atomic E-state index is 0.0529. The minimum atomic E-state index is -0.223. The molecule has 23 heavy (non-hydrogen) atoms. The van der Waals surface area contributed by atoms with Crippen LogP contribution < -0.4 is 5.32 Å². The summed E-state index contributed by atoms with van der Waals surface area (Å²) in [6, 6.07) is 8.34. The lowest BCUT2D eigenvalue weighted by atomic mass is 10.1. The molecule has 1 aromatic carbocycles. The number of pyridine rings is 1. The van der Waals surface area contributed by atoms with Crippen LogP contribution >= 0.6 is 0 Å². The monoisotopic (exact) mass is 313 g/mol. The van der Waals surface area contributed by atoms with Gasteiger partial charge in [0, 0.05) is 32.0 Å². The SMILES string of the molecule is O=C(c1cncc(NCCc2ccc(F)cc2)c1)N1CCCC1. The van der Waals surface area contributed by atoms with Crippen molar-refractivity contribution in [3.05, 3.63) is 59.7 Å². The number of halogens is 1. The third-order valence-electron chi connectivity index (χ3n) is 4.03. The van der Waals surface area contributed by atoms with Crippen LogP contribution in [0.3, 0.4) is 0 Å². The number of rotatable bonds is 5. The smallest absolute Gasteiger partial charge is 0.255 e. The number of hydrogen-bond acceptors (Lipinski definition) is 3. The molecule has 0 spiro atoms. The average Bonchev–Trinajstić information content (AvgIpc) is 3.11. The van der Waals surface area contributed by atoms with E-state index in [1.165, 1.54) is 12.1 Å². The van der Waals surface area contributed by atoms with Crippen molar-refractivity contribution in [3.63, 3.8) is 0 Å². The molecule has 5 heteroatoms. The van der Waals surface area contributed by atoms with Crippen LogP contribution in [0.1, 0.15) is 28.8 Å². The van der Waals surface area contributed by atoms with Crippen molar-refractivity contribution in [2.75, 3.05) is 25.0 Å². The van der Waals surface area contributed by atoms with Gasteiger partial charge in [-0.05, 0) is 43.0 Å². The number of carbonyl (C=O) groups is 1. The molecule has 0 atom stereocenters. The molecule has 1 saturated heterocycles. The first-order valence-corrected chi connectivity index (χ1v) is 7.95. The van der Waals surface area contributed by atoms with E-state index >= 15 is 0 Å². The van der Waals surface area contributed by atoms with Gasteiger partial charge in [-0.15, -0.1) is 0 Å². The van der Waals surface area contributed by atoms with Crippen LogP contribution in [0.2, 0.25) is 0 Å². The summed E-state index contributed by atoms with van der Waals surface area (Å²) in [6.45, 7) is 2.37. The molecule has 2 aromatic rings. The fourth-order valence-corrected chi connectivity index (χ4v) is 2.76. The minimum Gasteiger partial charge on any atom is -0.383 e. The Hall–Kier alpha value is -2.43. The Bertz CT molecular complexity index is 666. The third kappa shape index (κ3) is 4.06. The summed E-state index contributed by atoms with van der Waals surface area (Å²) >= 11 is 0. The fraction of sp³-hybridized carbons (Fsp3) is 0.333. The molecule has 3 rings (SSSR count). The number of hydrogen-bond donors (Lipinski definition) is 1. The maximum Gasteiger partial charge on any atom is 0.255 e. The summed E-state index contributed by atoms with van der Waals surface area (Å²) in [6.07, 6.45) is 6.27. The van der Waals surface area contributed by atoms with Gasteiger partial charge in [-0.3, -0.25) is 9.78 Å². The normalized spacial score (nSPS) is 14.0. The average molecular weight is 313 g/mol. The van der Waals surface area contributed by atoms with Crippen molar-refractivity contribution in [3.8, 4) is 0 Å². The van der Waals surface area contributed by atoms with Gasteiger partial charge in [0.25, 0.3) is 5.91 Å². The number of likely N-dealkylation sites (tertiary alicyclic amines) is 1. The molecular weight excluding hydrogens is 293 g/mol. The van der Waals surface area contributed by atoms with Gasteiger partial charge in [-0.2, -0.15) is 0 Å². The van der Waals surface area contributed by atoms with E-state index in [4.69, 9.17) is 0 Å². The van der Waals surface area contributed by atoms with Gasteiger partial charge in [0.2, 0.25) is 0 Å². The molecular formula is C18H20FN3O. The van der Waals surface area contributed by atoms with Gasteiger partial charge in [-0.1, -0.05) is 12.1 Å². The van der Waals surface area contributed by atoms with Crippen molar-refractivity contribution in [2.24, 2.45) is 0 Å². The summed E-state index contributed by atoms with van der Waals surface area (Å²) < 4.78 is 12.9. The van der Waals surface area contributed by atoms with E-state index in [-0.39, 0.29) is 11.7 Å². The molecule has 2 heterocycles. The van der Waals surface area contributed by atoms with E-state index in [2.05, 4.69) is 10.3 Å². The molecule has 0 aliphatic carbocycles. The molecule has 0 radical (unpaired) electrons. The Morgan fingerprint density at radius 2 is 1.91 bits per heavy atom. The van der Waals surface area contributed by atoms with Crippen LogP contribution in [-0.2, 0) is 6.42 Å². The zero-order chi connectivity index (χ0) is 16.1. The second-order valence-electron chi connectivity index (χ2n) is 5.76. The summed E-state index contributed by atoms with van der Waals surface area (Å²) in [5.74, 6) is -0.170. The van der Waals surface area contributed by atoms with Crippen LogP contribution in [0.4, 0.5) is 10.1 Å². The molecule has 4 nitrogen and oxygen atoms in total. The van der Waals surface area contributed by atoms with Gasteiger partial charge in [0.05, 0.1) is 11.3 Å². The number of nitrogens with one attached hydrogen (secondary N) is 1. The predicted octanol–water partition coefficient (Wildman–Crippen LogP) is 3.11. The quantitative estimate of drug-likeness (QED) is 0.922. The Labute approximate surface area is 135 Å². The molecule has 1 N–H and O–H groups in total. The van der Waals surface area contributed by atoms with Crippen LogP contribution in [-0.4, -0.2) is 35.4 Å². The van der Waals surface area contributed by atoms with Gasteiger partial charge < -0.3 is 10.2 Å². The lowest BCUT2D eigenvalue weighted by molar-refractivity contribution is 0.0792. The standard InChI is InChI=1S/C18H20FN3O/c19-16-5-3-14(4-6-16)7-8-21-17-11-15(12-20-13-17)18(23)22-9-1-2-10-22/h3-6,11-13,21H,1-2,7-10H2. The molecule has 0 bridgehead atoms. The highest BCUT2D eigenvalue weighted by atomic mass is 19.1. The first-order chi connectivity index (χ1) is 11.2. The maximum atomic E-state index is 12.9. The summed E-state index contributed by atoms with van der Waals surface area (Å²) in [5, 5.41) is 3.27. The molecule has 1 fully saturated rings. The van der Waals surface area contributed by atoms with Crippen molar-refractivity contribution in [1.29, 1.82) is 0 Å². The van der Waals surface area contributed by atoms with Crippen LogP contribution in [0.5, 0.6) is 0 Å². The van der Waals surface area contributed by atoms with Crippen molar-refractivity contribution >= 4 is 11.6 Å². The number of benzene rings is 1. The van der Waals surface area contributed by atoms with E-state index in [9.17, 15) is 9.18 Å². The summed E-state index contributed by atoms with van der Waals surface area (Å²) in [4.78, 5) is 18.4. The Morgan fingerprint density at radius 1 is 1.17 bits per heavy atom. The van der Waals surface area contributed by atoms with Crippen LogP contribution in [0.15, 0.2) is 42.7 Å². The molecule has 1 aliphatic rings. The van der Waals surface area contributed by atoms with E-state index < -0.39 is 0 Å². The maximum absolute atomic E-state index is 12.9. The Balaban J connectivity index is 1.56. The lowest BCUT2D eigenvalue weighted by Crippen LogP contribution is -2.27. The highest BCUT2D eigenvalue weighted by molar-refractivity contribution is 5.94. The van der Waals surface area contributed by atoms with Crippen molar-refractivity contribution in [2.45, 2.75) is 19.3 Å². The molecule has 120 valence electrons. The Kier molecular flexibility index (Phi) is 4.86. The third-order valence-corrected chi connectivity index (χ3v) is 4.03. The largest absolute Gasteiger partial charge is 0.383 e. The second kappa shape index (κ2) is 7.22. The first kappa shape index (κ1) is 15.5. The zero-order valence-electron chi connectivity index (χ0n) is 13.0. The van der Waals surface area contributed by atoms with E-state index in [0.29, 0.717) is 12.1 Å². The van der Waals surface area contributed by atoms with E-state index in [1.54, 1.807) is 24.5 Å². The van der Waals surface area contributed by atoms with E-state index in [1.807, 2.05) is 11.0 Å². The molecule has 1 aromatic heterocycles. The topological polar surface area (TPSA) is 45.2 Å².